The van der Waals surface area contributed by atoms with Crippen molar-refractivity contribution < 1.29 is 4.79 Å². The van der Waals surface area contributed by atoms with Crippen molar-refractivity contribution in [2.45, 2.75) is 39.7 Å². The quantitative estimate of drug-likeness (QED) is 0.825. The topological polar surface area (TPSA) is 20.3 Å². The Hall–Kier alpha value is -0.830. The van der Waals surface area contributed by atoms with Gasteiger partial charge in [0.05, 0.1) is 0 Å². The molecule has 0 aliphatic rings. The lowest BCUT2D eigenvalue weighted by atomic mass is 9.98. The van der Waals surface area contributed by atoms with Crippen molar-refractivity contribution in [3.05, 3.63) is 33.8 Å². The molecular weight excluding hydrogens is 278 g/mol. The normalized spacial score (nSPS) is 11.4. The summed E-state index contributed by atoms with van der Waals surface area (Å²) in [5, 5.41) is 0. The van der Waals surface area contributed by atoms with Crippen LogP contribution < -0.4 is 0 Å². The molecule has 0 bridgehead atoms. The summed E-state index contributed by atoms with van der Waals surface area (Å²) in [7, 11) is 1.87. The summed E-state index contributed by atoms with van der Waals surface area (Å²) in [4.78, 5) is 14.2. The second kappa shape index (κ2) is 5.21. The van der Waals surface area contributed by atoms with Crippen molar-refractivity contribution in [1.82, 2.24) is 4.90 Å². The maximum Gasteiger partial charge on any atom is 0.254 e. The lowest BCUT2D eigenvalue weighted by molar-refractivity contribution is 0.0619. The average Bonchev–Trinajstić information content (AvgIpc) is 2.30. The maximum absolute atomic E-state index is 12.4. The number of amides is 1. The SMILES string of the molecule is CCC(C)(C)N(C)C(=O)c1cc(Br)ccc1C. The van der Waals surface area contributed by atoms with Crippen molar-refractivity contribution in [1.29, 1.82) is 0 Å². The fraction of sp³-hybridized carbons (Fsp3) is 0.500. The standard InChI is InChI=1S/C14H20BrNO/c1-6-14(3,4)16(5)13(17)12-9-11(15)8-7-10(12)2/h7-9H,6H2,1-5H3. The molecule has 3 heteroatoms. The van der Waals surface area contributed by atoms with Gasteiger partial charge in [-0.25, -0.2) is 0 Å². The van der Waals surface area contributed by atoms with Gasteiger partial charge in [-0.3, -0.25) is 4.79 Å². The van der Waals surface area contributed by atoms with E-state index in [1.165, 1.54) is 0 Å². The summed E-state index contributed by atoms with van der Waals surface area (Å²) >= 11 is 3.41. The van der Waals surface area contributed by atoms with Crippen molar-refractivity contribution in [2.24, 2.45) is 0 Å². The molecule has 17 heavy (non-hydrogen) atoms. The summed E-state index contributed by atoms with van der Waals surface area (Å²) < 4.78 is 0.939. The van der Waals surface area contributed by atoms with E-state index in [0.29, 0.717) is 0 Å². The summed E-state index contributed by atoms with van der Waals surface area (Å²) in [6.45, 7) is 8.22. The fourth-order valence-corrected chi connectivity index (χ4v) is 1.88. The van der Waals surface area contributed by atoms with Crippen molar-refractivity contribution >= 4 is 21.8 Å². The Morgan fingerprint density at radius 3 is 2.53 bits per heavy atom. The van der Waals surface area contributed by atoms with Gasteiger partial charge in [0.1, 0.15) is 0 Å². The summed E-state index contributed by atoms with van der Waals surface area (Å²) in [6, 6.07) is 5.81. The Morgan fingerprint density at radius 2 is 2.00 bits per heavy atom. The van der Waals surface area contributed by atoms with Crippen LogP contribution in [0.5, 0.6) is 0 Å². The largest absolute Gasteiger partial charge is 0.337 e. The van der Waals surface area contributed by atoms with E-state index in [9.17, 15) is 4.79 Å². The van der Waals surface area contributed by atoms with Gasteiger partial charge in [-0.05, 0) is 44.9 Å². The minimum atomic E-state index is -0.119. The van der Waals surface area contributed by atoms with Crippen LogP contribution in [0.15, 0.2) is 22.7 Å². The second-order valence-electron chi connectivity index (χ2n) is 4.99. The van der Waals surface area contributed by atoms with E-state index in [0.717, 1.165) is 22.0 Å². The van der Waals surface area contributed by atoms with Gasteiger partial charge in [0.2, 0.25) is 0 Å². The van der Waals surface area contributed by atoms with Crippen molar-refractivity contribution in [3.8, 4) is 0 Å². The maximum atomic E-state index is 12.4. The van der Waals surface area contributed by atoms with Gasteiger partial charge >= 0.3 is 0 Å². The van der Waals surface area contributed by atoms with Crippen LogP contribution in [-0.4, -0.2) is 23.4 Å². The van der Waals surface area contributed by atoms with Gasteiger partial charge in [-0.1, -0.05) is 28.9 Å². The second-order valence-corrected chi connectivity index (χ2v) is 5.91. The molecule has 1 aromatic rings. The number of hydrogen-bond donors (Lipinski definition) is 0. The minimum absolute atomic E-state index is 0.0793. The van der Waals surface area contributed by atoms with E-state index in [1.807, 2.05) is 37.1 Å². The van der Waals surface area contributed by atoms with Gasteiger partial charge in [-0.15, -0.1) is 0 Å². The highest BCUT2D eigenvalue weighted by atomic mass is 79.9. The number of carbonyl (C=O) groups is 1. The molecule has 94 valence electrons. The molecule has 2 nitrogen and oxygen atoms in total. The molecule has 0 aliphatic carbocycles. The highest BCUT2D eigenvalue weighted by molar-refractivity contribution is 9.10. The molecule has 0 saturated carbocycles. The molecule has 0 aromatic heterocycles. The molecule has 0 unspecified atom stereocenters. The number of halogens is 1. The first kappa shape index (κ1) is 14.2. The van der Waals surface area contributed by atoms with Crippen LogP contribution in [0.3, 0.4) is 0 Å². The molecule has 0 radical (unpaired) electrons. The molecule has 1 amide bonds. The first-order chi connectivity index (χ1) is 7.79. The van der Waals surface area contributed by atoms with Crippen LogP contribution in [0.4, 0.5) is 0 Å². The summed E-state index contributed by atoms with van der Waals surface area (Å²) in [5.41, 5.74) is 1.66. The number of hydrogen-bond acceptors (Lipinski definition) is 1. The number of benzene rings is 1. The van der Waals surface area contributed by atoms with Crippen LogP contribution in [0.2, 0.25) is 0 Å². The molecule has 0 fully saturated rings. The zero-order valence-corrected chi connectivity index (χ0v) is 12.8. The summed E-state index contributed by atoms with van der Waals surface area (Å²) in [5.74, 6) is 0.0793. The van der Waals surface area contributed by atoms with E-state index in [4.69, 9.17) is 0 Å². The summed E-state index contributed by atoms with van der Waals surface area (Å²) in [6.07, 6.45) is 0.933. The molecule has 1 aromatic carbocycles. The van der Waals surface area contributed by atoms with E-state index >= 15 is 0 Å². The average molecular weight is 298 g/mol. The number of rotatable bonds is 3. The Bertz CT molecular complexity index is 426. The third kappa shape index (κ3) is 3.09. The highest BCUT2D eigenvalue weighted by Gasteiger charge is 2.27. The van der Waals surface area contributed by atoms with Crippen LogP contribution >= 0.6 is 15.9 Å². The molecule has 0 N–H and O–H groups in total. The Morgan fingerprint density at radius 1 is 1.41 bits per heavy atom. The van der Waals surface area contributed by atoms with Gasteiger partial charge in [0, 0.05) is 22.6 Å². The van der Waals surface area contributed by atoms with Gasteiger partial charge < -0.3 is 4.90 Å². The zero-order chi connectivity index (χ0) is 13.2. The lowest BCUT2D eigenvalue weighted by Gasteiger charge is -2.35. The number of carbonyl (C=O) groups excluding carboxylic acids is 1. The minimum Gasteiger partial charge on any atom is -0.337 e. The molecule has 0 spiro atoms. The van der Waals surface area contributed by atoms with Gasteiger partial charge in [-0.2, -0.15) is 0 Å². The molecule has 1 rings (SSSR count). The third-order valence-electron chi connectivity index (χ3n) is 3.51. The van der Waals surface area contributed by atoms with Crippen LogP contribution in [0.25, 0.3) is 0 Å². The van der Waals surface area contributed by atoms with E-state index in [1.54, 1.807) is 0 Å². The van der Waals surface area contributed by atoms with Crippen molar-refractivity contribution in [3.63, 3.8) is 0 Å². The van der Waals surface area contributed by atoms with Crippen molar-refractivity contribution in [2.75, 3.05) is 7.05 Å². The Labute approximate surface area is 112 Å². The molecule has 0 heterocycles. The Kier molecular flexibility index (Phi) is 4.36. The van der Waals surface area contributed by atoms with Crippen LogP contribution in [0, 0.1) is 6.92 Å². The van der Waals surface area contributed by atoms with Crippen LogP contribution in [-0.2, 0) is 0 Å². The van der Waals surface area contributed by atoms with Gasteiger partial charge in [0.15, 0.2) is 0 Å². The third-order valence-corrected chi connectivity index (χ3v) is 4.00. The van der Waals surface area contributed by atoms with E-state index in [-0.39, 0.29) is 11.4 Å². The van der Waals surface area contributed by atoms with Crippen LogP contribution in [0.1, 0.15) is 43.1 Å². The molecular formula is C14H20BrNO. The predicted molar refractivity (Wildman–Crippen MR) is 75.3 cm³/mol. The molecule has 0 atom stereocenters. The fourth-order valence-electron chi connectivity index (χ4n) is 1.52. The molecule has 0 aliphatic heterocycles. The number of aryl methyl sites for hydroxylation is 1. The molecule has 0 saturated heterocycles. The number of nitrogens with zero attached hydrogens (tertiary/aromatic N) is 1. The van der Waals surface area contributed by atoms with E-state index < -0.39 is 0 Å². The first-order valence-electron chi connectivity index (χ1n) is 5.84. The smallest absolute Gasteiger partial charge is 0.254 e. The predicted octanol–water partition coefficient (Wildman–Crippen LogP) is 4.02. The highest BCUT2D eigenvalue weighted by Crippen LogP contribution is 2.22. The Balaban J connectivity index is 3.08. The van der Waals surface area contributed by atoms with E-state index in [2.05, 4.69) is 36.7 Å². The van der Waals surface area contributed by atoms with Gasteiger partial charge in [0.25, 0.3) is 5.91 Å². The first-order valence-corrected chi connectivity index (χ1v) is 6.63. The lowest BCUT2D eigenvalue weighted by Crippen LogP contribution is -2.44. The zero-order valence-electron chi connectivity index (χ0n) is 11.2. The monoisotopic (exact) mass is 297 g/mol.